The maximum absolute atomic E-state index is 5.58. The molecule has 0 aliphatic rings. The van der Waals surface area contributed by atoms with E-state index in [4.69, 9.17) is 21.7 Å². The van der Waals surface area contributed by atoms with Crippen molar-refractivity contribution in [2.75, 3.05) is 25.6 Å². The van der Waals surface area contributed by atoms with Crippen molar-refractivity contribution in [3.8, 4) is 11.5 Å². The van der Waals surface area contributed by atoms with Gasteiger partial charge in [0, 0.05) is 6.54 Å². The number of ether oxygens (including phenoxy) is 2. The Morgan fingerprint density at radius 3 is 2.67 bits per heavy atom. The molecular formula is C18H21BrN2O2S. The fourth-order valence-corrected chi connectivity index (χ4v) is 3.00. The predicted molar refractivity (Wildman–Crippen MR) is 106 cm³/mol. The Bertz CT molecular complexity index is 694. The SMILES string of the molecule is CCOc1ccccc1NC(=S)NCCc1ccc(OC)c(Br)c1. The van der Waals surface area contributed by atoms with E-state index in [1.165, 1.54) is 5.56 Å². The molecule has 2 aromatic carbocycles. The lowest BCUT2D eigenvalue weighted by Crippen LogP contribution is -2.30. The zero-order chi connectivity index (χ0) is 17.4. The highest BCUT2D eigenvalue weighted by molar-refractivity contribution is 9.10. The van der Waals surface area contributed by atoms with Gasteiger partial charge >= 0.3 is 0 Å². The normalized spacial score (nSPS) is 10.1. The molecule has 2 rings (SSSR count). The summed E-state index contributed by atoms with van der Waals surface area (Å²) in [4.78, 5) is 0. The van der Waals surface area contributed by atoms with Crippen LogP contribution in [0.3, 0.4) is 0 Å². The lowest BCUT2D eigenvalue weighted by Gasteiger charge is -2.14. The number of rotatable bonds is 7. The second-order valence-corrected chi connectivity index (χ2v) is 6.29. The second-order valence-electron chi connectivity index (χ2n) is 5.03. The Morgan fingerprint density at radius 1 is 1.17 bits per heavy atom. The van der Waals surface area contributed by atoms with E-state index >= 15 is 0 Å². The molecule has 0 aliphatic heterocycles. The quantitative estimate of drug-likeness (QED) is 0.665. The molecular weight excluding hydrogens is 388 g/mol. The average molecular weight is 409 g/mol. The largest absolute Gasteiger partial charge is 0.496 e. The van der Waals surface area contributed by atoms with Crippen LogP contribution in [0.5, 0.6) is 11.5 Å². The van der Waals surface area contributed by atoms with Gasteiger partial charge in [0.15, 0.2) is 5.11 Å². The molecule has 0 saturated heterocycles. The van der Waals surface area contributed by atoms with Crippen LogP contribution < -0.4 is 20.1 Å². The molecule has 0 saturated carbocycles. The smallest absolute Gasteiger partial charge is 0.170 e. The van der Waals surface area contributed by atoms with Crippen molar-refractivity contribution >= 4 is 38.9 Å². The molecule has 2 N–H and O–H groups in total. The molecule has 0 atom stereocenters. The molecule has 0 fully saturated rings. The number of thiocarbonyl (C=S) groups is 1. The Morgan fingerprint density at radius 2 is 1.96 bits per heavy atom. The van der Waals surface area contributed by atoms with Crippen molar-refractivity contribution in [2.45, 2.75) is 13.3 Å². The summed E-state index contributed by atoms with van der Waals surface area (Å²) in [5.74, 6) is 1.62. The van der Waals surface area contributed by atoms with Crippen LogP contribution in [0, 0.1) is 0 Å². The molecule has 4 nitrogen and oxygen atoms in total. The maximum atomic E-state index is 5.58. The molecule has 0 amide bonds. The number of nitrogens with one attached hydrogen (secondary N) is 2. The molecule has 24 heavy (non-hydrogen) atoms. The summed E-state index contributed by atoms with van der Waals surface area (Å²) in [5.41, 5.74) is 2.07. The number of anilines is 1. The lowest BCUT2D eigenvalue weighted by molar-refractivity contribution is 0.342. The number of methoxy groups -OCH3 is 1. The highest BCUT2D eigenvalue weighted by Gasteiger charge is 2.05. The molecule has 2 aromatic rings. The highest BCUT2D eigenvalue weighted by atomic mass is 79.9. The van der Waals surface area contributed by atoms with Gasteiger partial charge < -0.3 is 20.1 Å². The molecule has 0 spiro atoms. The van der Waals surface area contributed by atoms with Crippen LogP contribution in [-0.4, -0.2) is 25.4 Å². The molecule has 0 bridgehead atoms. The van der Waals surface area contributed by atoms with Crippen molar-refractivity contribution < 1.29 is 9.47 Å². The number of benzene rings is 2. The van der Waals surface area contributed by atoms with E-state index in [9.17, 15) is 0 Å². The summed E-state index contributed by atoms with van der Waals surface area (Å²) in [6.45, 7) is 3.31. The minimum absolute atomic E-state index is 0.578. The molecule has 0 aliphatic carbocycles. The summed E-state index contributed by atoms with van der Waals surface area (Å²) in [7, 11) is 1.66. The van der Waals surface area contributed by atoms with Crippen LogP contribution in [0.2, 0.25) is 0 Å². The molecule has 6 heteroatoms. The molecule has 0 radical (unpaired) electrons. The second kappa shape index (κ2) is 9.49. The van der Waals surface area contributed by atoms with E-state index in [1.807, 2.05) is 43.3 Å². The topological polar surface area (TPSA) is 42.5 Å². The van der Waals surface area contributed by atoms with Crippen molar-refractivity contribution in [3.63, 3.8) is 0 Å². The lowest BCUT2D eigenvalue weighted by atomic mass is 10.1. The van der Waals surface area contributed by atoms with Gasteiger partial charge in [-0.25, -0.2) is 0 Å². The average Bonchev–Trinajstić information content (AvgIpc) is 2.57. The van der Waals surface area contributed by atoms with Crippen LogP contribution in [0.25, 0.3) is 0 Å². The van der Waals surface area contributed by atoms with Crippen molar-refractivity contribution in [3.05, 3.63) is 52.5 Å². The van der Waals surface area contributed by atoms with E-state index in [-0.39, 0.29) is 0 Å². The van der Waals surface area contributed by atoms with Crippen molar-refractivity contribution in [2.24, 2.45) is 0 Å². The minimum atomic E-state index is 0.578. The van der Waals surface area contributed by atoms with Gasteiger partial charge in [0.05, 0.1) is 23.9 Å². The van der Waals surface area contributed by atoms with Gasteiger partial charge in [0.1, 0.15) is 11.5 Å². The summed E-state index contributed by atoms with van der Waals surface area (Å²) >= 11 is 8.85. The number of hydrogen-bond donors (Lipinski definition) is 2. The maximum Gasteiger partial charge on any atom is 0.170 e. The Balaban J connectivity index is 1.84. The number of halogens is 1. The fraction of sp³-hybridized carbons (Fsp3) is 0.278. The summed E-state index contributed by atoms with van der Waals surface area (Å²) in [6, 6.07) is 13.8. The summed E-state index contributed by atoms with van der Waals surface area (Å²) < 4.78 is 11.8. The first kappa shape index (κ1) is 18.5. The molecule has 0 heterocycles. The van der Waals surface area contributed by atoms with Gasteiger partial charge in [-0.3, -0.25) is 0 Å². The molecule has 0 aromatic heterocycles. The fourth-order valence-electron chi connectivity index (χ4n) is 2.20. The first-order valence-electron chi connectivity index (χ1n) is 7.73. The van der Waals surface area contributed by atoms with Crippen LogP contribution in [0.15, 0.2) is 46.9 Å². The Labute approximate surface area is 156 Å². The monoisotopic (exact) mass is 408 g/mol. The van der Waals surface area contributed by atoms with Crippen LogP contribution in [-0.2, 0) is 6.42 Å². The standard InChI is InChI=1S/C18H21BrN2O2S/c1-3-23-17-7-5-4-6-15(17)21-18(24)20-11-10-13-8-9-16(22-2)14(19)12-13/h4-9,12H,3,10-11H2,1-2H3,(H2,20,21,24). The van der Waals surface area contributed by atoms with Crippen molar-refractivity contribution in [1.29, 1.82) is 0 Å². The first-order chi connectivity index (χ1) is 11.6. The third-order valence-corrected chi connectivity index (χ3v) is 4.22. The van der Waals surface area contributed by atoms with E-state index in [0.717, 1.165) is 34.6 Å². The summed E-state index contributed by atoms with van der Waals surface area (Å²) in [5, 5.41) is 6.97. The van der Waals surface area contributed by atoms with Gasteiger partial charge in [-0.15, -0.1) is 0 Å². The minimum Gasteiger partial charge on any atom is -0.496 e. The van der Waals surface area contributed by atoms with E-state index in [1.54, 1.807) is 7.11 Å². The van der Waals surface area contributed by atoms with Gasteiger partial charge in [-0.1, -0.05) is 18.2 Å². The Kier molecular flexibility index (Phi) is 7.34. The van der Waals surface area contributed by atoms with Crippen molar-refractivity contribution in [1.82, 2.24) is 5.32 Å². The van der Waals surface area contributed by atoms with E-state index in [2.05, 4.69) is 32.6 Å². The van der Waals surface area contributed by atoms with Gasteiger partial charge in [-0.2, -0.15) is 0 Å². The van der Waals surface area contributed by atoms with Crippen LogP contribution >= 0.6 is 28.1 Å². The number of para-hydroxylation sites is 2. The van der Waals surface area contributed by atoms with Gasteiger partial charge in [-0.05, 0) is 71.3 Å². The third-order valence-electron chi connectivity index (χ3n) is 3.35. The van der Waals surface area contributed by atoms with Gasteiger partial charge in [0.2, 0.25) is 0 Å². The third kappa shape index (κ3) is 5.39. The number of hydrogen-bond acceptors (Lipinski definition) is 3. The highest BCUT2D eigenvalue weighted by Crippen LogP contribution is 2.25. The van der Waals surface area contributed by atoms with Crippen LogP contribution in [0.4, 0.5) is 5.69 Å². The molecule has 0 unspecified atom stereocenters. The van der Waals surface area contributed by atoms with E-state index < -0.39 is 0 Å². The zero-order valence-corrected chi connectivity index (χ0v) is 16.2. The first-order valence-corrected chi connectivity index (χ1v) is 8.93. The summed E-state index contributed by atoms with van der Waals surface area (Å²) in [6.07, 6.45) is 0.859. The Hall–Kier alpha value is -1.79. The zero-order valence-electron chi connectivity index (χ0n) is 13.8. The predicted octanol–water partition coefficient (Wildman–Crippen LogP) is 4.39. The van der Waals surface area contributed by atoms with E-state index in [0.29, 0.717) is 11.7 Å². The van der Waals surface area contributed by atoms with Crippen LogP contribution in [0.1, 0.15) is 12.5 Å². The van der Waals surface area contributed by atoms with Gasteiger partial charge in [0.25, 0.3) is 0 Å². The molecule has 128 valence electrons.